The summed E-state index contributed by atoms with van der Waals surface area (Å²) in [7, 11) is 1.69. The monoisotopic (exact) mass is 476 g/mol. The van der Waals surface area contributed by atoms with Crippen LogP contribution < -0.4 is 19.9 Å². The molecule has 0 spiro atoms. The molecule has 3 aliphatic heterocycles. The summed E-state index contributed by atoms with van der Waals surface area (Å²) in [4.78, 5) is 17.5. The number of hydrogen-bond acceptors (Lipinski definition) is 7. The average Bonchev–Trinajstić information content (AvgIpc) is 3.55. The molecule has 1 aromatic carbocycles. The van der Waals surface area contributed by atoms with E-state index in [4.69, 9.17) is 26.1 Å². The highest BCUT2D eigenvalue weighted by Gasteiger charge is 2.39. The third kappa shape index (κ3) is 3.55. The van der Waals surface area contributed by atoms with Gasteiger partial charge >= 0.3 is 0 Å². The summed E-state index contributed by atoms with van der Waals surface area (Å²) >= 11 is 6.62. The van der Waals surface area contributed by atoms with Gasteiger partial charge < -0.3 is 29.6 Å². The van der Waals surface area contributed by atoms with Gasteiger partial charge in [0.25, 0.3) is 0 Å². The molecule has 0 aliphatic carbocycles. The quantitative estimate of drug-likeness (QED) is 0.598. The zero-order valence-electron chi connectivity index (χ0n) is 17.8. The third-order valence-corrected chi connectivity index (χ3v) is 6.88. The minimum Gasteiger partial charge on any atom is -0.496 e. The van der Waals surface area contributed by atoms with Crippen LogP contribution in [0.5, 0.6) is 5.75 Å². The zero-order valence-corrected chi connectivity index (χ0v) is 19.4. The summed E-state index contributed by atoms with van der Waals surface area (Å²) < 4.78 is 11.2. The number of morpholine rings is 1. The molecule has 2 bridgehead atoms. The number of nitrogens with zero attached hydrogens (tertiary/aromatic N) is 4. The van der Waals surface area contributed by atoms with Crippen molar-refractivity contribution in [2.24, 2.45) is 0 Å². The Bertz CT molecular complexity index is 1130. The third-order valence-electron chi connectivity index (χ3n) is 6.60. The molecule has 32 heavy (non-hydrogen) atoms. The van der Waals surface area contributed by atoms with Crippen LogP contribution in [0, 0.1) is 0 Å². The van der Waals surface area contributed by atoms with Crippen LogP contribution in [-0.4, -0.2) is 73.5 Å². The van der Waals surface area contributed by atoms with Gasteiger partial charge in [0, 0.05) is 50.0 Å². The van der Waals surface area contributed by atoms with Gasteiger partial charge in [-0.15, -0.1) is 12.4 Å². The summed E-state index contributed by atoms with van der Waals surface area (Å²) in [5.74, 6) is 1.51. The van der Waals surface area contributed by atoms with Crippen molar-refractivity contribution in [3.63, 3.8) is 0 Å². The highest BCUT2D eigenvalue weighted by Crippen LogP contribution is 2.40. The van der Waals surface area contributed by atoms with E-state index in [1.807, 2.05) is 0 Å². The second-order valence-corrected chi connectivity index (χ2v) is 8.78. The highest BCUT2D eigenvalue weighted by molar-refractivity contribution is 6.34. The molecule has 0 unspecified atom stereocenters. The van der Waals surface area contributed by atoms with Gasteiger partial charge in [-0.05, 0) is 18.6 Å². The number of H-pyrrole nitrogens is 1. The Labute approximate surface area is 197 Å². The lowest BCUT2D eigenvalue weighted by atomic mass is 10.1. The number of imidazole rings is 1. The van der Waals surface area contributed by atoms with E-state index in [1.165, 1.54) is 0 Å². The van der Waals surface area contributed by atoms with Crippen molar-refractivity contribution in [3.05, 3.63) is 29.4 Å². The van der Waals surface area contributed by atoms with Crippen molar-refractivity contribution < 1.29 is 9.47 Å². The number of pyridine rings is 1. The van der Waals surface area contributed by atoms with Gasteiger partial charge in [-0.25, -0.2) is 9.97 Å². The maximum atomic E-state index is 6.62. The van der Waals surface area contributed by atoms with Crippen LogP contribution in [0.2, 0.25) is 5.02 Å². The average molecular weight is 477 g/mol. The van der Waals surface area contributed by atoms with Gasteiger partial charge in [-0.1, -0.05) is 11.6 Å². The number of ether oxygens (including phenoxy) is 2. The number of piperazine rings is 1. The first-order chi connectivity index (χ1) is 15.2. The molecule has 5 heterocycles. The zero-order chi connectivity index (χ0) is 20.9. The predicted molar refractivity (Wildman–Crippen MR) is 129 cm³/mol. The van der Waals surface area contributed by atoms with Crippen molar-refractivity contribution in [1.82, 2.24) is 20.3 Å². The molecule has 0 radical (unpaired) electrons. The fourth-order valence-corrected chi connectivity index (χ4v) is 5.29. The van der Waals surface area contributed by atoms with Gasteiger partial charge in [0.1, 0.15) is 17.1 Å². The van der Waals surface area contributed by atoms with Gasteiger partial charge in [0.15, 0.2) is 5.65 Å². The van der Waals surface area contributed by atoms with Gasteiger partial charge in [0.05, 0.1) is 42.8 Å². The van der Waals surface area contributed by atoms with Crippen LogP contribution in [0.4, 0.5) is 11.4 Å². The fraction of sp³-hybridized carbons (Fsp3) is 0.455. The lowest BCUT2D eigenvalue weighted by Gasteiger charge is -2.30. The molecule has 2 aromatic heterocycles. The Morgan fingerprint density at radius 2 is 2.09 bits per heavy atom. The molecule has 3 aliphatic rings. The summed E-state index contributed by atoms with van der Waals surface area (Å²) in [5.41, 5.74) is 4.57. The maximum absolute atomic E-state index is 6.62. The number of methoxy groups -OCH3 is 1. The second-order valence-electron chi connectivity index (χ2n) is 8.37. The van der Waals surface area contributed by atoms with Crippen LogP contribution in [0.1, 0.15) is 6.42 Å². The number of fused-ring (bicyclic) bond motifs is 3. The molecule has 10 heteroatoms. The molecule has 2 atom stereocenters. The Morgan fingerprint density at radius 1 is 1.25 bits per heavy atom. The van der Waals surface area contributed by atoms with E-state index in [9.17, 15) is 0 Å². The van der Waals surface area contributed by atoms with Gasteiger partial charge in [-0.2, -0.15) is 0 Å². The smallest absolute Gasteiger partial charge is 0.159 e. The van der Waals surface area contributed by atoms with Crippen molar-refractivity contribution in [2.45, 2.75) is 18.5 Å². The normalized spacial score (nSPS) is 22.4. The largest absolute Gasteiger partial charge is 0.496 e. The first-order valence-electron chi connectivity index (χ1n) is 10.8. The number of aromatic amines is 1. The van der Waals surface area contributed by atoms with E-state index in [2.05, 4.69) is 43.3 Å². The molecular weight excluding hydrogens is 451 g/mol. The number of aromatic nitrogens is 3. The Morgan fingerprint density at radius 3 is 2.81 bits per heavy atom. The van der Waals surface area contributed by atoms with Crippen LogP contribution >= 0.6 is 24.0 Å². The SMILES string of the molecule is COc1cc(N2CCOCC2)ccc1-c1nc2c(N3C[C@@H]4C[C@H]3CN4)c(Cl)cnc2[nH]1.Cl. The second kappa shape index (κ2) is 8.59. The van der Waals surface area contributed by atoms with Crippen LogP contribution in [0.25, 0.3) is 22.6 Å². The van der Waals surface area contributed by atoms with E-state index < -0.39 is 0 Å². The number of nitrogens with one attached hydrogen (secondary N) is 2. The molecule has 3 fully saturated rings. The van der Waals surface area contributed by atoms with Crippen LogP contribution in [-0.2, 0) is 4.74 Å². The maximum Gasteiger partial charge on any atom is 0.159 e. The first-order valence-corrected chi connectivity index (χ1v) is 11.1. The van der Waals surface area contributed by atoms with E-state index >= 15 is 0 Å². The highest BCUT2D eigenvalue weighted by atomic mass is 35.5. The molecule has 0 amide bonds. The number of anilines is 2. The molecule has 6 rings (SSSR count). The van der Waals surface area contributed by atoms with Crippen LogP contribution in [0.3, 0.4) is 0 Å². The number of halogens is 2. The molecular formula is C22H26Cl2N6O2. The molecule has 0 saturated carbocycles. The van der Waals surface area contributed by atoms with Crippen molar-refractivity contribution >= 4 is 46.5 Å². The van der Waals surface area contributed by atoms with Crippen LogP contribution in [0.15, 0.2) is 24.4 Å². The lowest BCUT2D eigenvalue weighted by molar-refractivity contribution is 0.122. The summed E-state index contributed by atoms with van der Waals surface area (Å²) in [6.45, 7) is 5.19. The van der Waals surface area contributed by atoms with Crippen molar-refractivity contribution in [3.8, 4) is 17.1 Å². The van der Waals surface area contributed by atoms with Gasteiger partial charge in [-0.3, -0.25) is 0 Å². The Kier molecular flexibility index (Phi) is 5.79. The van der Waals surface area contributed by atoms with Crippen molar-refractivity contribution in [2.75, 3.05) is 56.3 Å². The number of benzene rings is 1. The molecule has 8 nitrogen and oxygen atoms in total. The minimum absolute atomic E-state index is 0. The Hall–Kier alpha value is -2.26. The summed E-state index contributed by atoms with van der Waals surface area (Å²) in [6, 6.07) is 7.22. The summed E-state index contributed by atoms with van der Waals surface area (Å²) in [5, 5.41) is 4.19. The molecule has 170 valence electrons. The number of hydrogen-bond donors (Lipinski definition) is 2. The van der Waals surface area contributed by atoms with E-state index in [-0.39, 0.29) is 12.4 Å². The van der Waals surface area contributed by atoms with Crippen molar-refractivity contribution in [1.29, 1.82) is 0 Å². The first kappa shape index (κ1) is 21.6. The predicted octanol–water partition coefficient (Wildman–Crippen LogP) is 3.10. The fourth-order valence-electron chi connectivity index (χ4n) is 5.05. The lowest BCUT2D eigenvalue weighted by Crippen LogP contribution is -2.43. The topological polar surface area (TPSA) is 78.5 Å². The molecule has 3 saturated heterocycles. The Balaban J connectivity index is 0.00000216. The standard InChI is InChI=1S/C22H25ClN6O2.ClH/c1-30-18-9-14(28-4-6-31-7-5-28)2-3-16(18)21-26-19-20(17(23)11-25-22(19)27-21)29-12-13-8-15(29)10-24-13;/h2-3,9,11,13,15,24H,4-8,10,12H2,1H3,(H,25,26,27);1H/t13-,15-;/m0./s1. The van der Waals surface area contributed by atoms with E-state index in [0.717, 1.165) is 85.5 Å². The minimum atomic E-state index is 0. The summed E-state index contributed by atoms with van der Waals surface area (Å²) in [6.07, 6.45) is 2.87. The van der Waals surface area contributed by atoms with Gasteiger partial charge in [0.2, 0.25) is 0 Å². The van der Waals surface area contributed by atoms with E-state index in [1.54, 1.807) is 13.3 Å². The molecule has 2 N–H and O–H groups in total. The molecule has 3 aromatic rings. The number of rotatable bonds is 4. The van der Waals surface area contributed by atoms with E-state index in [0.29, 0.717) is 17.1 Å².